The minimum atomic E-state index is -0.426. The molecule has 1 aliphatic rings. The smallest absolute Gasteiger partial charge is 0.125 e. The number of hydrogen-bond acceptors (Lipinski definition) is 5. The van der Waals surface area contributed by atoms with Crippen LogP contribution in [0.25, 0.3) is 16.9 Å². The lowest BCUT2D eigenvalue weighted by Crippen LogP contribution is -2.19. The van der Waals surface area contributed by atoms with Gasteiger partial charge in [-0.05, 0) is 49.6 Å². The van der Waals surface area contributed by atoms with E-state index >= 15 is 0 Å². The maximum Gasteiger partial charge on any atom is 0.125 e. The van der Waals surface area contributed by atoms with Gasteiger partial charge in [0, 0.05) is 11.9 Å². The van der Waals surface area contributed by atoms with E-state index in [1.807, 2.05) is 25.1 Å². The number of aryl methyl sites for hydroxylation is 1. The van der Waals surface area contributed by atoms with E-state index in [2.05, 4.69) is 27.5 Å². The van der Waals surface area contributed by atoms with E-state index in [4.69, 9.17) is 5.26 Å². The second kappa shape index (κ2) is 5.07. The normalized spacial score (nSPS) is 14.8. The van der Waals surface area contributed by atoms with E-state index in [1.54, 1.807) is 23.0 Å². The van der Waals surface area contributed by atoms with Crippen LogP contribution in [0.15, 0.2) is 36.7 Å². The number of fused-ring (bicyclic) bond motifs is 1. The second-order valence-electron chi connectivity index (χ2n) is 6.11. The van der Waals surface area contributed by atoms with Crippen LogP contribution in [0, 0.1) is 29.6 Å². The highest BCUT2D eigenvalue weighted by Gasteiger charge is 2.43. The maximum absolute atomic E-state index is 9.28. The quantitative estimate of drug-likeness (QED) is 0.802. The summed E-state index contributed by atoms with van der Waals surface area (Å²) in [6.45, 7) is 1.97. The van der Waals surface area contributed by atoms with Gasteiger partial charge in [0.05, 0.1) is 34.7 Å². The van der Waals surface area contributed by atoms with Crippen molar-refractivity contribution in [2.75, 3.05) is 5.32 Å². The van der Waals surface area contributed by atoms with Crippen molar-refractivity contribution < 1.29 is 0 Å². The third-order valence-corrected chi connectivity index (χ3v) is 4.33. The molecule has 1 saturated carbocycles. The molecule has 6 nitrogen and oxygen atoms in total. The van der Waals surface area contributed by atoms with Crippen molar-refractivity contribution in [3.63, 3.8) is 0 Å². The lowest BCUT2D eigenvalue weighted by Gasteiger charge is -2.14. The molecule has 1 fully saturated rings. The number of aromatic nitrogens is 3. The van der Waals surface area contributed by atoms with E-state index in [1.165, 1.54) is 0 Å². The minimum Gasteiger partial charge on any atom is -0.367 e. The van der Waals surface area contributed by atoms with Gasteiger partial charge in [-0.25, -0.2) is 4.52 Å². The third kappa shape index (κ3) is 2.26. The highest BCUT2D eigenvalue weighted by Crippen LogP contribution is 2.39. The summed E-state index contributed by atoms with van der Waals surface area (Å²) in [5.41, 5.74) is 4.48. The molecule has 0 amide bonds. The highest BCUT2D eigenvalue weighted by molar-refractivity contribution is 5.69. The predicted octanol–water partition coefficient (Wildman–Crippen LogP) is 3.04. The number of hydrogen-bond donors (Lipinski definition) is 1. The molecule has 116 valence electrons. The second-order valence-corrected chi connectivity index (χ2v) is 6.11. The Balaban J connectivity index is 1.77. The molecule has 3 heterocycles. The first-order valence-corrected chi connectivity index (χ1v) is 7.68. The van der Waals surface area contributed by atoms with E-state index in [0.717, 1.165) is 41.0 Å². The summed E-state index contributed by atoms with van der Waals surface area (Å²) in [5, 5.41) is 25.9. The molecule has 0 radical (unpaired) electrons. The number of rotatable bonds is 3. The van der Waals surface area contributed by atoms with E-state index in [-0.39, 0.29) is 0 Å². The summed E-state index contributed by atoms with van der Waals surface area (Å²) in [6.07, 6.45) is 5.08. The fraction of sp³-hybridized carbons (Fsp3) is 0.222. The van der Waals surface area contributed by atoms with Crippen LogP contribution >= 0.6 is 0 Å². The molecule has 4 rings (SSSR count). The predicted molar refractivity (Wildman–Crippen MR) is 89.1 cm³/mol. The van der Waals surface area contributed by atoms with Gasteiger partial charge >= 0.3 is 0 Å². The average Bonchev–Trinajstić information content (AvgIpc) is 3.26. The van der Waals surface area contributed by atoms with Gasteiger partial charge in [0.1, 0.15) is 11.6 Å². The van der Waals surface area contributed by atoms with Gasteiger partial charge in [-0.15, -0.1) is 0 Å². The standard InChI is InChI=1S/C18H14N6/c1-12-9-21-16(7-15(12)23-18(11-20)4-5-18)17-3-2-14-6-13(8-19)10-22-24(14)17/h2-3,6-7,9-10H,4-5H2,1H3,(H,21,23). The van der Waals surface area contributed by atoms with E-state index in [0.29, 0.717) is 5.56 Å². The summed E-state index contributed by atoms with van der Waals surface area (Å²) in [4.78, 5) is 4.50. The zero-order valence-corrected chi connectivity index (χ0v) is 13.1. The molecule has 0 aromatic carbocycles. The number of nitrogens with one attached hydrogen (secondary N) is 1. The largest absolute Gasteiger partial charge is 0.367 e. The van der Waals surface area contributed by atoms with Crippen LogP contribution in [0.5, 0.6) is 0 Å². The van der Waals surface area contributed by atoms with Crippen molar-refractivity contribution in [2.24, 2.45) is 0 Å². The van der Waals surface area contributed by atoms with Crippen molar-refractivity contribution in [3.8, 4) is 23.5 Å². The lowest BCUT2D eigenvalue weighted by molar-refractivity contribution is 0.932. The van der Waals surface area contributed by atoms with Crippen LogP contribution in [0.1, 0.15) is 24.0 Å². The van der Waals surface area contributed by atoms with Crippen LogP contribution in [0.3, 0.4) is 0 Å². The van der Waals surface area contributed by atoms with Gasteiger partial charge in [0.25, 0.3) is 0 Å². The molecule has 0 bridgehead atoms. The lowest BCUT2D eigenvalue weighted by atomic mass is 10.1. The summed E-state index contributed by atoms with van der Waals surface area (Å²) < 4.78 is 1.76. The molecule has 0 aliphatic heterocycles. The molecule has 3 aromatic rings. The fourth-order valence-corrected chi connectivity index (χ4v) is 2.70. The zero-order valence-electron chi connectivity index (χ0n) is 13.1. The number of nitrogens with zero attached hydrogens (tertiary/aromatic N) is 5. The number of pyridine rings is 1. The summed E-state index contributed by atoms with van der Waals surface area (Å²) in [6, 6.07) is 12.0. The van der Waals surface area contributed by atoms with Crippen LogP contribution in [-0.4, -0.2) is 20.1 Å². The Morgan fingerprint density at radius 3 is 2.75 bits per heavy atom. The van der Waals surface area contributed by atoms with Gasteiger partial charge in [0.15, 0.2) is 0 Å². The van der Waals surface area contributed by atoms with E-state index in [9.17, 15) is 5.26 Å². The van der Waals surface area contributed by atoms with Crippen molar-refractivity contribution in [1.82, 2.24) is 14.6 Å². The first-order valence-electron chi connectivity index (χ1n) is 7.68. The summed E-state index contributed by atoms with van der Waals surface area (Å²) >= 11 is 0. The Morgan fingerprint density at radius 1 is 1.21 bits per heavy atom. The molecule has 0 saturated heterocycles. The molecular formula is C18H14N6. The highest BCUT2D eigenvalue weighted by atomic mass is 15.2. The summed E-state index contributed by atoms with van der Waals surface area (Å²) in [7, 11) is 0. The molecule has 3 aromatic heterocycles. The Morgan fingerprint density at radius 2 is 2.04 bits per heavy atom. The van der Waals surface area contributed by atoms with Gasteiger partial charge < -0.3 is 5.32 Å². The molecule has 24 heavy (non-hydrogen) atoms. The van der Waals surface area contributed by atoms with Crippen molar-refractivity contribution in [3.05, 3.63) is 47.8 Å². The Hall–Kier alpha value is -3.38. The van der Waals surface area contributed by atoms with Crippen LogP contribution in [0.4, 0.5) is 5.69 Å². The molecule has 1 N–H and O–H groups in total. The topological polar surface area (TPSA) is 89.8 Å². The third-order valence-electron chi connectivity index (χ3n) is 4.33. The number of nitriles is 2. The first kappa shape index (κ1) is 14.2. The van der Waals surface area contributed by atoms with Crippen molar-refractivity contribution in [1.29, 1.82) is 10.5 Å². The molecule has 0 spiro atoms. The van der Waals surface area contributed by atoms with E-state index < -0.39 is 5.54 Å². The number of anilines is 1. The monoisotopic (exact) mass is 314 g/mol. The maximum atomic E-state index is 9.28. The van der Waals surface area contributed by atoms with Gasteiger partial charge in [-0.1, -0.05) is 0 Å². The van der Waals surface area contributed by atoms with Gasteiger partial charge in [-0.3, -0.25) is 4.98 Å². The molecule has 6 heteroatoms. The molecule has 0 unspecified atom stereocenters. The molecule has 0 atom stereocenters. The van der Waals surface area contributed by atoms with Crippen molar-refractivity contribution in [2.45, 2.75) is 25.3 Å². The zero-order chi connectivity index (χ0) is 16.7. The Kier molecular flexibility index (Phi) is 3.01. The van der Waals surface area contributed by atoms with Gasteiger partial charge in [0.2, 0.25) is 0 Å². The fourth-order valence-electron chi connectivity index (χ4n) is 2.70. The molecule has 1 aliphatic carbocycles. The van der Waals surface area contributed by atoms with Crippen LogP contribution < -0.4 is 5.32 Å². The van der Waals surface area contributed by atoms with Crippen LogP contribution in [-0.2, 0) is 0 Å². The van der Waals surface area contributed by atoms with Gasteiger partial charge in [-0.2, -0.15) is 15.6 Å². The van der Waals surface area contributed by atoms with Crippen LogP contribution in [0.2, 0.25) is 0 Å². The molecular weight excluding hydrogens is 300 g/mol. The Bertz CT molecular complexity index is 1030. The average molecular weight is 314 g/mol. The van der Waals surface area contributed by atoms with Crippen molar-refractivity contribution >= 4 is 11.2 Å². The summed E-state index contributed by atoms with van der Waals surface area (Å²) in [5.74, 6) is 0. The Labute approximate surface area is 139 Å². The first-order chi connectivity index (χ1) is 11.6. The SMILES string of the molecule is Cc1cnc(-c2ccc3cc(C#N)cnn23)cc1NC1(C#N)CC1. The minimum absolute atomic E-state index is 0.426.